The maximum Gasteiger partial charge on any atom is 0.359 e. The molecular weight excluding hydrogens is 390 g/mol. The molecular formula is C25H27N3O3. The lowest BCUT2D eigenvalue weighted by Gasteiger charge is -2.42. The van der Waals surface area contributed by atoms with E-state index in [2.05, 4.69) is 19.2 Å². The molecule has 6 nitrogen and oxygen atoms in total. The van der Waals surface area contributed by atoms with Gasteiger partial charge in [-0.15, -0.1) is 0 Å². The number of carbonyl (C=O) groups is 1. The summed E-state index contributed by atoms with van der Waals surface area (Å²) < 4.78 is 14.3. The summed E-state index contributed by atoms with van der Waals surface area (Å²) in [7, 11) is 0. The first-order chi connectivity index (χ1) is 15.1. The Morgan fingerprint density at radius 2 is 1.84 bits per heavy atom. The normalized spacial score (nSPS) is 16.5. The van der Waals surface area contributed by atoms with Crippen LogP contribution >= 0.6 is 0 Å². The molecule has 3 heterocycles. The van der Waals surface area contributed by atoms with E-state index in [9.17, 15) is 4.79 Å². The van der Waals surface area contributed by atoms with Crippen molar-refractivity contribution in [3.05, 3.63) is 71.4 Å². The first-order valence-corrected chi connectivity index (χ1v) is 10.9. The second-order valence-corrected chi connectivity index (χ2v) is 8.51. The first kappa shape index (κ1) is 19.8. The minimum absolute atomic E-state index is 0.0920. The van der Waals surface area contributed by atoms with Gasteiger partial charge in [-0.1, -0.05) is 42.5 Å². The summed E-state index contributed by atoms with van der Waals surface area (Å²) in [6.07, 6.45) is 1.55. The van der Waals surface area contributed by atoms with Crippen LogP contribution in [0.15, 0.2) is 54.6 Å². The van der Waals surface area contributed by atoms with Crippen LogP contribution in [0.2, 0.25) is 0 Å². The molecule has 160 valence electrons. The van der Waals surface area contributed by atoms with Gasteiger partial charge in [0, 0.05) is 24.4 Å². The average Bonchev–Trinajstić information content (AvgIpc) is 3.21. The molecule has 5 rings (SSSR count). The van der Waals surface area contributed by atoms with Crippen LogP contribution in [-0.2, 0) is 16.9 Å². The van der Waals surface area contributed by atoms with E-state index < -0.39 is 11.6 Å². The molecule has 3 aromatic rings. The topological polar surface area (TPSA) is 65.4 Å². The van der Waals surface area contributed by atoms with E-state index in [4.69, 9.17) is 14.6 Å². The van der Waals surface area contributed by atoms with E-state index in [1.165, 1.54) is 0 Å². The number of hydrogen-bond donors (Lipinski definition) is 1. The number of para-hydroxylation sites is 1. The van der Waals surface area contributed by atoms with Crippen LogP contribution in [-0.4, -0.2) is 28.8 Å². The van der Waals surface area contributed by atoms with E-state index in [-0.39, 0.29) is 12.6 Å². The van der Waals surface area contributed by atoms with E-state index >= 15 is 0 Å². The highest BCUT2D eigenvalue weighted by Gasteiger charge is 2.48. The fourth-order valence-electron chi connectivity index (χ4n) is 4.63. The molecule has 0 atom stereocenters. The van der Waals surface area contributed by atoms with E-state index in [1.807, 2.05) is 59.3 Å². The molecule has 0 aliphatic carbocycles. The Balaban J connectivity index is 1.63. The Bertz CT molecular complexity index is 1100. The molecule has 0 unspecified atom stereocenters. The highest BCUT2D eigenvalue weighted by Crippen LogP contribution is 2.50. The quantitative estimate of drug-likeness (QED) is 0.635. The molecule has 1 spiro atoms. The van der Waals surface area contributed by atoms with Gasteiger partial charge in [-0.2, -0.15) is 5.10 Å². The van der Waals surface area contributed by atoms with Crippen LogP contribution in [0.1, 0.15) is 54.3 Å². The third-order valence-corrected chi connectivity index (χ3v) is 6.12. The number of aromatic nitrogens is 2. The van der Waals surface area contributed by atoms with Crippen molar-refractivity contribution in [1.82, 2.24) is 15.1 Å². The number of nitrogens with zero attached hydrogens (tertiary/aromatic N) is 2. The molecule has 6 heteroatoms. The summed E-state index contributed by atoms with van der Waals surface area (Å²) in [5.41, 5.74) is 3.57. The van der Waals surface area contributed by atoms with E-state index in [0.717, 1.165) is 54.1 Å². The molecule has 0 bridgehead atoms. The summed E-state index contributed by atoms with van der Waals surface area (Å²) >= 11 is 0. The molecule has 1 fully saturated rings. The number of esters is 1. The predicted molar refractivity (Wildman–Crippen MR) is 118 cm³/mol. The van der Waals surface area contributed by atoms with Crippen LogP contribution in [0, 0.1) is 0 Å². The number of hydrogen-bond acceptors (Lipinski definition) is 5. The SMILES string of the molecule is CC(C)n1nc(C(=O)OCc2ccccc2)c2c1-c1ccccc1OC21CCNCC1. The third-order valence-electron chi connectivity index (χ3n) is 6.12. The van der Waals surface area contributed by atoms with Gasteiger partial charge in [0.25, 0.3) is 0 Å². The number of nitrogens with one attached hydrogen (secondary N) is 1. The van der Waals surface area contributed by atoms with Crippen LogP contribution in [0.4, 0.5) is 0 Å². The largest absolute Gasteiger partial charge is 0.482 e. The Hall–Kier alpha value is -3.12. The highest BCUT2D eigenvalue weighted by molar-refractivity contribution is 5.93. The van der Waals surface area contributed by atoms with Gasteiger partial charge in [0.05, 0.1) is 11.3 Å². The summed E-state index contributed by atoms with van der Waals surface area (Å²) in [5, 5.41) is 8.21. The average molecular weight is 418 g/mol. The molecule has 1 saturated heterocycles. The minimum Gasteiger partial charge on any atom is -0.482 e. The van der Waals surface area contributed by atoms with E-state index in [1.54, 1.807) is 0 Å². The molecule has 0 amide bonds. The fourth-order valence-corrected chi connectivity index (χ4v) is 4.63. The van der Waals surface area contributed by atoms with Crippen molar-refractivity contribution in [2.75, 3.05) is 13.1 Å². The molecule has 2 aliphatic rings. The van der Waals surface area contributed by atoms with Gasteiger partial charge in [-0.25, -0.2) is 4.79 Å². The van der Waals surface area contributed by atoms with Crippen molar-refractivity contribution in [3.63, 3.8) is 0 Å². The summed E-state index contributed by atoms with van der Waals surface area (Å²) in [5.74, 6) is 0.447. The van der Waals surface area contributed by atoms with Crippen molar-refractivity contribution in [1.29, 1.82) is 0 Å². The summed E-state index contributed by atoms with van der Waals surface area (Å²) in [6.45, 7) is 6.04. The van der Waals surface area contributed by atoms with Gasteiger partial charge in [-0.05, 0) is 44.6 Å². The number of ether oxygens (including phenoxy) is 2. The molecule has 0 saturated carbocycles. The van der Waals surface area contributed by atoms with Crippen molar-refractivity contribution in [3.8, 4) is 17.0 Å². The van der Waals surface area contributed by atoms with Crippen molar-refractivity contribution < 1.29 is 14.3 Å². The van der Waals surface area contributed by atoms with Gasteiger partial charge in [0.1, 0.15) is 18.0 Å². The fraction of sp³-hybridized carbons (Fsp3) is 0.360. The van der Waals surface area contributed by atoms with Gasteiger partial charge in [0.2, 0.25) is 0 Å². The van der Waals surface area contributed by atoms with Crippen LogP contribution in [0.5, 0.6) is 5.75 Å². The lowest BCUT2D eigenvalue weighted by atomic mass is 9.79. The highest BCUT2D eigenvalue weighted by atomic mass is 16.5. The predicted octanol–water partition coefficient (Wildman–Crippen LogP) is 4.46. The van der Waals surface area contributed by atoms with Crippen LogP contribution in [0.25, 0.3) is 11.3 Å². The summed E-state index contributed by atoms with van der Waals surface area (Å²) in [4.78, 5) is 13.3. The Morgan fingerprint density at radius 3 is 2.58 bits per heavy atom. The Morgan fingerprint density at radius 1 is 1.13 bits per heavy atom. The molecule has 2 aliphatic heterocycles. The smallest absolute Gasteiger partial charge is 0.359 e. The van der Waals surface area contributed by atoms with E-state index in [0.29, 0.717) is 5.69 Å². The number of piperidine rings is 1. The Labute approximate surface area is 182 Å². The lowest BCUT2D eigenvalue weighted by molar-refractivity contribution is 0.0258. The van der Waals surface area contributed by atoms with Gasteiger partial charge >= 0.3 is 5.97 Å². The zero-order valence-corrected chi connectivity index (χ0v) is 17.9. The number of fused-ring (bicyclic) bond motifs is 4. The van der Waals surface area contributed by atoms with Crippen molar-refractivity contribution in [2.24, 2.45) is 0 Å². The van der Waals surface area contributed by atoms with Gasteiger partial charge < -0.3 is 14.8 Å². The van der Waals surface area contributed by atoms with Gasteiger partial charge in [0.15, 0.2) is 5.69 Å². The van der Waals surface area contributed by atoms with Crippen molar-refractivity contribution >= 4 is 5.97 Å². The summed E-state index contributed by atoms with van der Waals surface area (Å²) in [6, 6.07) is 17.8. The maximum absolute atomic E-state index is 13.3. The molecule has 1 aromatic heterocycles. The molecule has 1 N–H and O–H groups in total. The Kier molecular flexibility index (Phi) is 5.02. The maximum atomic E-state index is 13.3. The standard InChI is InChI=1S/C25H27N3O3/c1-17(2)28-23-19-10-6-7-11-20(19)31-25(12-14-26-15-13-25)21(23)22(27-28)24(29)30-16-18-8-4-3-5-9-18/h3-11,17,26H,12-16H2,1-2H3. The zero-order valence-electron chi connectivity index (χ0n) is 17.9. The molecule has 31 heavy (non-hydrogen) atoms. The van der Waals surface area contributed by atoms with Gasteiger partial charge in [-0.3, -0.25) is 4.68 Å². The molecule has 0 radical (unpaired) electrons. The van der Waals surface area contributed by atoms with Crippen LogP contribution < -0.4 is 10.1 Å². The zero-order chi connectivity index (χ0) is 21.4. The number of rotatable bonds is 4. The number of benzene rings is 2. The monoisotopic (exact) mass is 417 g/mol. The third kappa shape index (κ3) is 3.41. The number of carbonyl (C=O) groups excluding carboxylic acids is 1. The van der Waals surface area contributed by atoms with Crippen molar-refractivity contribution in [2.45, 2.75) is 44.9 Å². The first-order valence-electron chi connectivity index (χ1n) is 10.9. The molecule has 2 aromatic carbocycles. The van der Waals surface area contributed by atoms with Crippen LogP contribution in [0.3, 0.4) is 0 Å². The minimum atomic E-state index is -0.580. The second kappa shape index (κ2) is 7.85. The lowest BCUT2D eigenvalue weighted by Crippen LogP contribution is -2.46. The second-order valence-electron chi connectivity index (χ2n) is 8.51.